The second-order valence-corrected chi connectivity index (χ2v) is 9.16. The van der Waals surface area contributed by atoms with Gasteiger partial charge in [0, 0.05) is 39.1 Å². The molecule has 28 heavy (non-hydrogen) atoms. The van der Waals surface area contributed by atoms with Crippen molar-refractivity contribution in [3.63, 3.8) is 0 Å². The van der Waals surface area contributed by atoms with Crippen molar-refractivity contribution >= 4 is 11.8 Å². The summed E-state index contributed by atoms with van der Waals surface area (Å²) in [6.07, 6.45) is 5.94. The number of nitrogens with zero attached hydrogens (tertiary/aromatic N) is 3. The summed E-state index contributed by atoms with van der Waals surface area (Å²) in [6.45, 7) is 4.92. The molecular formula is C23H33N3O2. The van der Waals surface area contributed by atoms with Crippen molar-refractivity contribution < 1.29 is 9.59 Å². The van der Waals surface area contributed by atoms with Gasteiger partial charge in [-0.25, -0.2) is 0 Å². The molecule has 3 aliphatic heterocycles. The predicted molar refractivity (Wildman–Crippen MR) is 110 cm³/mol. The van der Waals surface area contributed by atoms with Crippen LogP contribution < -0.4 is 0 Å². The molecule has 0 aliphatic carbocycles. The SMILES string of the molecule is CN1C[C@@H](c2ccccc2)CC2(CCN(C(=O)CN3CCCCC3=O)CC2)C1. The Hall–Kier alpha value is -1.88. The maximum absolute atomic E-state index is 12.8. The number of amides is 2. The highest BCUT2D eigenvalue weighted by molar-refractivity contribution is 5.85. The highest BCUT2D eigenvalue weighted by atomic mass is 16.2. The normalized spacial score (nSPS) is 25.9. The average Bonchev–Trinajstić information content (AvgIpc) is 2.70. The van der Waals surface area contributed by atoms with E-state index in [4.69, 9.17) is 0 Å². The Balaban J connectivity index is 1.35. The smallest absolute Gasteiger partial charge is 0.242 e. The van der Waals surface area contributed by atoms with Crippen LogP contribution in [0.5, 0.6) is 0 Å². The fourth-order valence-corrected chi connectivity index (χ4v) is 5.50. The molecule has 1 spiro atoms. The molecule has 0 radical (unpaired) electrons. The highest BCUT2D eigenvalue weighted by Crippen LogP contribution is 2.44. The zero-order valence-corrected chi connectivity index (χ0v) is 17.1. The molecule has 0 bridgehead atoms. The highest BCUT2D eigenvalue weighted by Gasteiger charge is 2.42. The first kappa shape index (κ1) is 19.4. The van der Waals surface area contributed by atoms with E-state index in [-0.39, 0.29) is 18.4 Å². The van der Waals surface area contributed by atoms with Crippen LogP contribution in [0.1, 0.15) is 50.0 Å². The van der Waals surface area contributed by atoms with Crippen LogP contribution in [0.25, 0.3) is 0 Å². The van der Waals surface area contributed by atoms with Crippen LogP contribution in [0.3, 0.4) is 0 Å². The number of hydrogen-bond donors (Lipinski definition) is 0. The number of likely N-dealkylation sites (N-methyl/N-ethyl adjacent to an activating group) is 1. The van der Waals surface area contributed by atoms with Gasteiger partial charge in [-0.15, -0.1) is 0 Å². The third kappa shape index (κ3) is 4.24. The Labute approximate surface area is 168 Å². The van der Waals surface area contributed by atoms with Gasteiger partial charge in [-0.05, 0) is 56.0 Å². The molecule has 1 aromatic rings. The van der Waals surface area contributed by atoms with Crippen molar-refractivity contribution in [1.82, 2.24) is 14.7 Å². The van der Waals surface area contributed by atoms with Gasteiger partial charge in [0.15, 0.2) is 0 Å². The third-order valence-electron chi connectivity index (χ3n) is 7.01. The summed E-state index contributed by atoms with van der Waals surface area (Å²) in [6, 6.07) is 10.9. The van der Waals surface area contributed by atoms with Crippen molar-refractivity contribution in [2.75, 3.05) is 46.3 Å². The van der Waals surface area contributed by atoms with E-state index in [0.717, 1.165) is 58.4 Å². The zero-order chi connectivity index (χ0) is 19.6. The Morgan fingerprint density at radius 3 is 2.57 bits per heavy atom. The summed E-state index contributed by atoms with van der Waals surface area (Å²) in [4.78, 5) is 31.0. The van der Waals surface area contributed by atoms with Crippen molar-refractivity contribution in [2.24, 2.45) is 5.41 Å². The quantitative estimate of drug-likeness (QED) is 0.806. The van der Waals surface area contributed by atoms with E-state index in [1.807, 2.05) is 4.90 Å². The second-order valence-electron chi connectivity index (χ2n) is 9.16. The summed E-state index contributed by atoms with van der Waals surface area (Å²) < 4.78 is 0. The summed E-state index contributed by atoms with van der Waals surface area (Å²) in [7, 11) is 2.23. The number of piperidine rings is 3. The van der Waals surface area contributed by atoms with Crippen LogP contribution in [-0.2, 0) is 9.59 Å². The van der Waals surface area contributed by atoms with Gasteiger partial charge >= 0.3 is 0 Å². The van der Waals surface area contributed by atoms with Gasteiger partial charge in [0.25, 0.3) is 0 Å². The molecular weight excluding hydrogens is 350 g/mol. The number of likely N-dealkylation sites (tertiary alicyclic amines) is 3. The van der Waals surface area contributed by atoms with E-state index in [1.54, 1.807) is 4.90 Å². The Bertz CT molecular complexity index is 697. The van der Waals surface area contributed by atoms with Gasteiger partial charge in [0.05, 0.1) is 6.54 Å². The van der Waals surface area contributed by atoms with Crippen molar-refractivity contribution in [2.45, 2.75) is 44.4 Å². The molecule has 0 aromatic heterocycles. The second kappa shape index (κ2) is 8.24. The first-order valence-electron chi connectivity index (χ1n) is 10.8. The van der Waals surface area contributed by atoms with Crippen LogP contribution in [0.4, 0.5) is 0 Å². The summed E-state index contributed by atoms with van der Waals surface area (Å²) in [5.41, 5.74) is 1.75. The molecule has 5 heteroatoms. The first-order valence-corrected chi connectivity index (χ1v) is 10.8. The van der Waals surface area contributed by atoms with Gasteiger partial charge in [-0.1, -0.05) is 30.3 Å². The van der Waals surface area contributed by atoms with Gasteiger partial charge in [-0.2, -0.15) is 0 Å². The molecule has 1 aromatic carbocycles. The fourth-order valence-electron chi connectivity index (χ4n) is 5.50. The minimum absolute atomic E-state index is 0.133. The Morgan fingerprint density at radius 1 is 1.11 bits per heavy atom. The molecule has 152 valence electrons. The summed E-state index contributed by atoms with van der Waals surface area (Å²) in [5.74, 6) is 0.856. The lowest BCUT2D eigenvalue weighted by Gasteiger charge is -2.49. The molecule has 3 fully saturated rings. The summed E-state index contributed by atoms with van der Waals surface area (Å²) >= 11 is 0. The lowest BCUT2D eigenvalue weighted by atomic mass is 9.68. The van der Waals surface area contributed by atoms with Gasteiger partial charge in [0.1, 0.15) is 0 Å². The molecule has 1 atom stereocenters. The van der Waals surface area contributed by atoms with Gasteiger partial charge < -0.3 is 14.7 Å². The van der Waals surface area contributed by atoms with Crippen molar-refractivity contribution in [3.05, 3.63) is 35.9 Å². The number of rotatable bonds is 3. The predicted octanol–water partition coefficient (Wildman–Crippen LogP) is 2.73. The molecule has 2 amide bonds. The van der Waals surface area contributed by atoms with Crippen LogP contribution in [0.2, 0.25) is 0 Å². The van der Waals surface area contributed by atoms with Crippen molar-refractivity contribution in [1.29, 1.82) is 0 Å². The number of benzene rings is 1. The third-order valence-corrected chi connectivity index (χ3v) is 7.01. The molecule has 0 saturated carbocycles. The first-order chi connectivity index (χ1) is 13.5. The van der Waals surface area contributed by atoms with E-state index in [1.165, 1.54) is 12.0 Å². The standard InChI is InChI=1S/C23H33N3O2/c1-24-16-20(19-7-3-2-4-8-19)15-23(18-24)10-13-25(14-11-23)22(28)17-26-12-6-5-9-21(26)27/h2-4,7-8,20H,5-6,9-18H2,1H3/t20-/m0/s1. The molecule has 0 unspecified atom stereocenters. The molecule has 3 saturated heterocycles. The molecule has 5 nitrogen and oxygen atoms in total. The minimum atomic E-state index is 0.133. The molecule has 4 rings (SSSR count). The lowest BCUT2D eigenvalue weighted by molar-refractivity contribution is -0.143. The van der Waals surface area contributed by atoms with E-state index in [2.05, 4.69) is 42.3 Å². The van der Waals surface area contributed by atoms with Gasteiger partial charge in [-0.3, -0.25) is 9.59 Å². The van der Waals surface area contributed by atoms with E-state index in [9.17, 15) is 9.59 Å². The van der Waals surface area contributed by atoms with Crippen LogP contribution >= 0.6 is 0 Å². The number of carbonyl (C=O) groups excluding carboxylic acids is 2. The summed E-state index contributed by atoms with van der Waals surface area (Å²) in [5, 5.41) is 0. The largest absolute Gasteiger partial charge is 0.341 e. The maximum Gasteiger partial charge on any atom is 0.242 e. The maximum atomic E-state index is 12.8. The fraction of sp³-hybridized carbons (Fsp3) is 0.652. The van der Waals surface area contributed by atoms with Crippen LogP contribution in [-0.4, -0.2) is 72.8 Å². The Morgan fingerprint density at radius 2 is 1.86 bits per heavy atom. The number of hydrogen-bond acceptors (Lipinski definition) is 3. The van der Waals surface area contributed by atoms with Crippen molar-refractivity contribution in [3.8, 4) is 0 Å². The minimum Gasteiger partial charge on any atom is -0.341 e. The number of carbonyl (C=O) groups is 2. The Kier molecular flexibility index (Phi) is 5.72. The average molecular weight is 384 g/mol. The van der Waals surface area contributed by atoms with Crippen LogP contribution in [0.15, 0.2) is 30.3 Å². The van der Waals surface area contributed by atoms with E-state index < -0.39 is 0 Å². The van der Waals surface area contributed by atoms with E-state index >= 15 is 0 Å². The zero-order valence-electron chi connectivity index (χ0n) is 17.1. The van der Waals surface area contributed by atoms with Gasteiger partial charge in [0.2, 0.25) is 11.8 Å². The lowest BCUT2D eigenvalue weighted by Crippen LogP contribution is -2.53. The molecule has 3 aliphatic rings. The van der Waals surface area contributed by atoms with E-state index in [0.29, 0.717) is 17.8 Å². The monoisotopic (exact) mass is 383 g/mol. The molecule has 0 N–H and O–H groups in total. The molecule has 3 heterocycles. The van der Waals surface area contributed by atoms with Crippen LogP contribution in [0, 0.1) is 5.41 Å². The topological polar surface area (TPSA) is 43.9 Å².